The van der Waals surface area contributed by atoms with Crippen LogP contribution in [0.4, 0.5) is 10.1 Å². The maximum Gasteiger partial charge on any atom is 0.210 e. The van der Waals surface area contributed by atoms with Crippen LogP contribution >= 0.6 is 34.9 Å². The molecule has 1 aromatic carbocycles. The lowest BCUT2D eigenvalue weighted by atomic mass is 10.3. The topological polar surface area (TPSA) is 39.4 Å². The summed E-state index contributed by atoms with van der Waals surface area (Å²) in [5, 5.41) is 1.59. The monoisotopic (exact) mass is 369 g/mol. The van der Waals surface area contributed by atoms with Gasteiger partial charge < -0.3 is 4.74 Å². The third-order valence-electron chi connectivity index (χ3n) is 3.31. The van der Waals surface area contributed by atoms with Crippen molar-refractivity contribution in [3.63, 3.8) is 0 Å². The molecule has 0 saturated heterocycles. The summed E-state index contributed by atoms with van der Waals surface area (Å²) >= 11 is 8.93. The first kappa shape index (κ1) is 16.4. The van der Waals surface area contributed by atoms with Crippen LogP contribution in [0, 0.1) is 18.2 Å². The zero-order chi connectivity index (χ0) is 16.4. The van der Waals surface area contributed by atoms with Crippen molar-refractivity contribution < 1.29 is 9.13 Å². The van der Waals surface area contributed by atoms with Crippen LogP contribution < -0.4 is 9.54 Å². The lowest BCUT2D eigenvalue weighted by Crippen LogP contribution is -2.16. The number of halogens is 2. The highest BCUT2D eigenvalue weighted by Crippen LogP contribution is 2.33. The van der Waals surface area contributed by atoms with Crippen LogP contribution in [0.25, 0.3) is 0 Å². The van der Waals surface area contributed by atoms with Gasteiger partial charge >= 0.3 is 0 Å². The number of ether oxygens (including phenoxy) is 1. The van der Waals surface area contributed by atoms with E-state index in [0.717, 1.165) is 18.1 Å². The lowest BCUT2D eigenvalue weighted by molar-refractivity contribution is 0.370. The molecule has 1 aliphatic heterocycles. The smallest absolute Gasteiger partial charge is 0.210 e. The van der Waals surface area contributed by atoms with E-state index in [4.69, 9.17) is 22.8 Å². The van der Waals surface area contributed by atoms with Gasteiger partial charge in [-0.2, -0.15) is 4.37 Å². The summed E-state index contributed by atoms with van der Waals surface area (Å²) < 4.78 is 25.8. The molecule has 1 atom stereocenters. The molecule has 1 unspecified atom stereocenters. The zero-order valence-corrected chi connectivity index (χ0v) is 14.6. The second-order valence-corrected chi connectivity index (χ2v) is 7.25. The molecule has 8 heteroatoms. The standard InChI is InChI=1S/C15H13ClFN3OS2/c1-3-5-21-13-7-12(11(17)6-10(13)16)18-14-20-8-9(4-2)22-15(20)19-23-14/h1,6-7,9H,4-5,8H2,2H3. The van der Waals surface area contributed by atoms with Gasteiger partial charge in [0.05, 0.1) is 5.02 Å². The predicted octanol–water partition coefficient (Wildman–Crippen LogP) is 3.87. The summed E-state index contributed by atoms with van der Waals surface area (Å²) in [6.45, 7) is 3.03. The molecule has 0 radical (unpaired) electrons. The van der Waals surface area contributed by atoms with Crippen LogP contribution in [0.1, 0.15) is 13.3 Å². The highest BCUT2D eigenvalue weighted by Gasteiger charge is 2.23. The largest absolute Gasteiger partial charge is 0.479 e. The summed E-state index contributed by atoms with van der Waals surface area (Å²) in [5.41, 5.74) is 0.158. The SMILES string of the molecule is C#CCOc1cc(N=c2snc3n2CC(CC)S3)c(F)cc1Cl. The van der Waals surface area contributed by atoms with Gasteiger partial charge in [-0.1, -0.05) is 36.2 Å². The van der Waals surface area contributed by atoms with Gasteiger partial charge in [-0.05, 0) is 12.5 Å². The Bertz CT molecular complexity index is 840. The number of terminal acetylenes is 1. The van der Waals surface area contributed by atoms with Gasteiger partial charge in [-0.15, -0.1) is 6.42 Å². The number of benzene rings is 1. The Kier molecular flexibility index (Phi) is 4.95. The van der Waals surface area contributed by atoms with E-state index >= 15 is 0 Å². The molecule has 2 heterocycles. The molecule has 0 fully saturated rings. The lowest BCUT2D eigenvalue weighted by Gasteiger charge is -2.06. The molecule has 3 rings (SSSR count). The molecule has 0 amide bonds. The number of fused-ring (bicyclic) bond motifs is 1. The first-order chi connectivity index (χ1) is 11.1. The molecule has 120 valence electrons. The summed E-state index contributed by atoms with van der Waals surface area (Å²) in [5.74, 6) is 2.15. The fourth-order valence-electron chi connectivity index (χ4n) is 2.12. The van der Waals surface area contributed by atoms with Gasteiger partial charge in [0, 0.05) is 29.4 Å². The molecule has 0 spiro atoms. The number of hydrogen-bond acceptors (Lipinski definition) is 5. The number of rotatable bonds is 4. The van der Waals surface area contributed by atoms with Crippen LogP contribution in [0.5, 0.6) is 5.75 Å². The van der Waals surface area contributed by atoms with Gasteiger partial charge in [-0.25, -0.2) is 9.38 Å². The number of thioether (sulfide) groups is 1. The van der Waals surface area contributed by atoms with Gasteiger partial charge in [0.2, 0.25) is 4.80 Å². The van der Waals surface area contributed by atoms with Crippen molar-refractivity contribution in [2.24, 2.45) is 4.99 Å². The molecule has 1 aromatic heterocycles. The van der Waals surface area contributed by atoms with Crippen LogP contribution in [0.3, 0.4) is 0 Å². The van der Waals surface area contributed by atoms with Crippen molar-refractivity contribution in [3.8, 4) is 18.1 Å². The molecule has 2 aromatic rings. The molecule has 0 aliphatic carbocycles. The molecule has 23 heavy (non-hydrogen) atoms. The minimum Gasteiger partial charge on any atom is -0.479 e. The van der Waals surface area contributed by atoms with E-state index in [1.54, 1.807) is 11.8 Å². The molecule has 0 bridgehead atoms. The van der Waals surface area contributed by atoms with E-state index in [-0.39, 0.29) is 17.3 Å². The van der Waals surface area contributed by atoms with Gasteiger partial charge in [-0.3, -0.25) is 4.57 Å². The third kappa shape index (κ3) is 3.39. The summed E-state index contributed by atoms with van der Waals surface area (Å²) in [6.07, 6.45) is 6.22. The first-order valence-electron chi connectivity index (χ1n) is 6.95. The van der Waals surface area contributed by atoms with Crippen molar-refractivity contribution >= 4 is 40.6 Å². The average molecular weight is 370 g/mol. The highest BCUT2D eigenvalue weighted by atomic mass is 35.5. The fraction of sp³-hybridized carbons (Fsp3) is 0.333. The Morgan fingerprint density at radius 3 is 3.17 bits per heavy atom. The zero-order valence-electron chi connectivity index (χ0n) is 12.3. The Hall–Kier alpha value is -1.49. The van der Waals surface area contributed by atoms with E-state index in [0.29, 0.717) is 15.8 Å². The second kappa shape index (κ2) is 6.95. The Balaban J connectivity index is 1.99. The first-order valence-corrected chi connectivity index (χ1v) is 8.98. The van der Waals surface area contributed by atoms with Crippen LogP contribution in [0.15, 0.2) is 22.3 Å². The van der Waals surface area contributed by atoms with Crippen molar-refractivity contribution in [2.45, 2.75) is 30.3 Å². The van der Waals surface area contributed by atoms with Crippen LogP contribution in [-0.2, 0) is 6.54 Å². The summed E-state index contributed by atoms with van der Waals surface area (Å²) in [4.78, 5) is 5.05. The Morgan fingerprint density at radius 2 is 2.43 bits per heavy atom. The van der Waals surface area contributed by atoms with Crippen molar-refractivity contribution in [1.82, 2.24) is 8.94 Å². The number of aromatic nitrogens is 2. The molecule has 0 saturated carbocycles. The normalized spacial score (nSPS) is 17.1. The average Bonchev–Trinajstić information content (AvgIpc) is 3.10. The maximum absolute atomic E-state index is 14.1. The number of hydrogen-bond donors (Lipinski definition) is 0. The van der Waals surface area contributed by atoms with Gasteiger partial charge in [0.25, 0.3) is 0 Å². The van der Waals surface area contributed by atoms with Crippen molar-refractivity contribution in [2.75, 3.05) is 6.61 Å². The summed E-state index contributed by atoms with van der Waals surface area (Å²) in [6, 6.07) is 2.64. The predicted molar refractivity (Wildman–Crippen MR) is 91.0 cm³/mol. The molecule has 4 nitrogen and oxygen atoms in total. The fourth-order valence-corrected chi connectivity index (χ4v) is 4.30. The second-order valence-electron chi connectivity index (χ2n) is 4.85. The quantitative estimate of drug-likeness (QED) is 0.768. The minimum atomic E-state index is -0.511. The van der Waals surface area contributed by atoms with Crippen molar-refractivity contribution in [1.29, 1.82) is 0 Å². The van der Waals surface area contributed by atoms with Gasteiger partial charge in [0.1, 0.15) is 18.0 Å². The van der Waals surface area contributed by atoms with Crippen LogP contribution in [-0.4, -0.2) is 20.8 Å². The molecular formula is C15H13ClFN3OS2. The van der Waals surface area contributed by atoms with E-state index in [1.165, 1.54) is 23.7 Å². The maximum atomic E-state index is 14.1. The van der Waals surface area contributed by atoms with E-state index in [2.05, 4.69) is 22.2 Å². The summed E-state index contributed by atoms with van der Waals surface area (Å²) in [7, 11) is 0. The molecular weight excluding hydrogens is 357 g/mol. The Morgan fingerprint density at radius 1 is 1.61 bits per heavy atom. The molecule has 0 N–H and O–H groups in total. The number of nitrogens with zero attached hydrogens (tertiary/aromatic N) is 3. The van der Waals surface area contributed by atoms with E-state index < -0.39 is 5.82 Å². The van der Waals surface area contributed by atoms with Crippen molar-refractivity contribution in [3.05, 3.63) is 27.8 Å². The minimum absolute atomic E-state index is 0.0598. The molecule has 1 aliphatic rings. The van der Waals surface area contributed by atoms with Gasteiger partial charge in [0.15, 0.2) is 11.0 Å². The third-order valence-corrected chi connectivity index (χ3v) is 5.80. The van der Waals surface area contributed by atoms with E-state index in [9.17, 15) is 4.39 Å². The van der Waals surface area contributed by atoms with Crippen LogP contribution in [0.2, 0.25) is 5.02 Å². The highest BCUT2D eigenvalue weighted by molar-refractivity contribution is 8.00. The Labute approximate surface area is 146 Å². The van der Waals surface area contributed by atoms with E-state index in [1.807, 2.05) is 4.57 Å².